The molecule has 0 aromatic heterocycles. The van der Waals surface area contributed by atoms with Gasteiger partial charge in [-0.15, -0.1) is 0 Å². The van der Waals surface area contributed by atoms with Crippen LogP contribution in [0.4, 0.5) is 0 Å². The van der Waals surface area contributed by atoms with Crippen molar-refractivity contribution in [3.63, 3.8) is 0 Å². The van der Waals surface area contributed by atoms with E-state index in [0.717, 1.165) is 51.4 Å². The van der Waals surface area contributed by atoms with Crippen LogP contribution in [0.25, 0.3) is 0 Å². The molecule has 0 aromatic carbocycles. The fourth-order valence-electron chi connectivity index (χ4n) is 3.52. The third kappa shape index (κ3) is 3.29. The van der Waals surface area contributed by atoms with Gasteiger partial charge in [0.1, 0.15) is 5.54 Å². The molecule has 0 bridgehead atoms. The van der Waals surface area contributed by atoms with Gasteiger partial charge < -0.3 is 5.32 Å². The maximum atomic E-state index is 12.6. The number of nitrogens with zero attached hydrogens (tertiary/aromatic N) is 1. The monoisotopic (exact) mass is 262 g/mol. The fraction of sp³-hybridized carbons (Fsp3) is 0.875. The lowest BCUT2D eigenvalue weighted by atomic mass is 9.74. The number of carbonyl (C=O) groups excluding carboxylic acids is 1. The first kappa shape index (κ1) is 14.4. The molecule has 2 aliphatic carbocycles. The smallest absolute Gasteiger partial charge is 0.227 e. The highest BCUT2D eigenvalue weighted by Crippen LogP contribution is 2.37. The maximum Gasteiger partial charge on any atom is 0.227 e. The predicted octanol–water partition coefficient (Wildman–Crippen LogP) is 3.69. The van der Waals surface area contributed by atoms with Crippen LogP contribution in [0.1, 0.15) is 77.6 Å². The number of hydrogen-bond acceptors (Lipinski definition) is 2. The highest BCUT2D eigenvalue weighted by atomic mass is 16.2. The minimum absolute atomic E-state index is 0.121. The Morgan fingerprint density at radius 2 is 1.42 bits per heavy atom. The Balaban J connectivity index is 2.05. The van der Waals surface area contributed by atoms with Gasteiger partial charge >= 0.3 is 0 Å². The number of hydrogen-bond donors (Lipinski definition) is 1. The Labute approximate surface area is 116 Å². The van der Waals surface area contributed by atoms with Gasteiger partial charge in [0.05, 0.1) is 6.07 Å². The van der Waals surface area contributed by atoms with E-state index < -0.39 is 5.54 Å². The molecular weight excluding hydrogens is 236 g/mol. The van der Waals surface area contributed by atoms with Crippen molar-refractivity contribution in [2.24, 2.45) is 5.41 Å². The summed E-state index contributed by atoms with van der Waals surface area (Å²) < 4.78 is 0. The standard InChI is InChI=1S/C16H26N2O/c1-15(9-5-4-6-10-15)14(19)18-16(13-17)11-7-2-3-8-12-16/h2-12H2,1H3,(H,18,19). The van der Waals surface area contributed by atoms with Gasteiger partial charge in [0.25, 0.3) is 0 Å². The van der Waals surface area contributed by atoms with Crippen molar-refractivity contribution in [2.45, 2.75) is 83.1 Å². The quantitative estimate of drug-likeness (QED) is 0.772. The van der Waals surface area contributed by atoms with Crippen LogP contribution in [0.2, 0.25) is 0 Å². The SMILES string of the molecule is CC1(C(=O)NC2(C#N)CCCCCC2)CCCCC1. The summed E-state index contributed by atoms with van der Waals surface area (Å²) in [6.45, 7) is 2.07. The number of carbonyl (C=O) groups is 1. The third-order valence-electron chi connectivity index (χ3n) is 5.03. The molecule has 2 saturated carbocycles. The number of amides is 1. The molecule has 1 amide bonds. The molecule has 0 aromatic rings. The first-order valence-electron chi connectivity index (χ1n) is 7.84. The zero-order valence-corrected chi connectivity index (χ0v) is 12.1. The van der Waals surface area contributed by atoms with Crippen LogP contribution in [-0.2, 0) is 4.79 Å². The summed E-state index contributed by atoms with van der Waals surface area (Å²) >= 11 is 0. The van der Waals surface area contributed by atoms with Gasteiger partial charge in [-0.25, -0.2) is 0 Å². The van der Waals surface area contributed by atoms with Gasteiger partial charge in [0.2, 0.25) is 5.91 Å². The molecule has 1 N–H and O–H groups in total. The van der Waals surface area contributed by atoms with E-state index in [2.05, 4.69) is 18.3 Å². The molecule has 3 heteroatoms. The minimum Gasteiger partial charge on any atom is -0.337 e. The van der Waals surface area contributed by atoms with Crippen molar-refractivity contribution in [1.29, 1.82) is 5.26 Å². The first-order chi connectivity index (χ1) is 9.10. The van der Waals surface area contributed by atoms with Crippen molar-refractivity contribution >= 4 is 5.91 Å². The van der Waals surface area contributed by atoms with E-state index >= 15 is 0 Å². The van der Waals surface area contributed by atoms with Gasteiger partial charge in [-0.3, -0.25) is 4.79 Å². The summed E-state index contributed by atoms with van der Waals surface area (Å²) in [7, 11) is 0. The van der Waals surface area contributed by atoms with Crippen LogP contribution >= 0.6 is 0 Å². The zero-order valence-electron chi connectivity index (χ0n) is 12.1. The van der Waals surface area contributed by atoms with Gasteiger partial charge in [-0.05, 0) is 25.7 Å². The highest BCUT2D eigenvalue weighted by molar-refractivity contribution is 5.83. The summed E-state index contributed by atoms with van der Waals surface area (Å²) in [6, 6.07) is 2.41. The van der Waals surface area contributed by atoms with Gasteiger partial charge in [0.15, 0.2) is 0 Å². The topological polar surface area (TPSA) is 52.9 Å². The second-order valence-corrected chi connectivity index (χ2v) is 6.68. The van der Waals surface area contributed by atoms with Gasteiger partial charge in [-0.2, -0.15) is 5.26 Å². The van der Waals surface area contributed by atoms with Crippen LogP contribution in [0.5, 0.6) is 0 Å². The average molecular weight is 262 g/mol. The van der Waals surface area contributed by atoms with Crippen LogP contribution in [0.3, 0.4) is 0 Å². The molecule has 19 heavy (non-hydrogen) atoms. The number of nitriles is 1. The molecule has 0 saturated heterocycles. The van der Waals surface area contributed by atoms with Crippen LogP contribution < -0.4 is 5.32 Å². The molecule has 0 aliphatic heterocycles. The Hall–Kier alpha value is -1.04. The summed E-state index contributed by atoms with van der Waals surface area (Å²) in [5.74, 6) is 0.121. The lowest BCUT2D eigenvalue weighted by molar-refractivity contribution is -0.133. The molecule has 0 unspecified atom stereocenters. The summed E-state index contributed by atoms with van der Waals surface area (Å²) in [5, 5.41) is 12.7. The lowest BCUT2D eigenvalue weighted by Gasteiger charge is -2.36. The van der Waals surface area contributed by atoms with E-state index in [-0.39, 0.29) is 11.3 Å². The average Bonchev–Trinajstić information content (AvgIpc) is 2.66. The van der Waals surface area contributed by atoms with E-state index in [1.807, 2.05) is 0 Å². The normalized spacial score (nSPS) is 25.9. The molecule has 0 heterocycles. The molecular formula is C16H26N2O. The molecule has 2 aliphatic rings. The molecule has 2 rings (SSSR count). The molecule has 0 spiro atoms. The van der Waals surface area contributed by atoms with E-state index in [1.54, 1.807) is 0 Å². The summed E-state index contributed by atoms with van der Waals surface area (Å²) in [5.41, 5.74) is -0.831. The second kappa shape index (κ2) is 5.94. The lowest BCUT2D eigenvalue weighted by Crippen LogP contribution is -2.52. The van der Waals surface area contributed by atoms with Crippen LogP contribution in [0.15, 0.2) is 0 Å². The molecule has 2 fully saturated rings. The van der Waals surface area contributed by atoms with E-state index in [4.69, 9.17) is 0 Å². The summed E-state index contributed by atoms with van der Waals surface area (Å²) in [6.07, 6.45) is 11.6. The predicted molar refractivity (Wildman–Crippen MR) is 75.4 cm³/mol. The molecule has 0 atom stereocenters. The molecule has 3 nitrogen and oxygen atoms in total. The third-order valence-corrected chi connectivity index (χ3v) is 5.03. The maximum absolute atomic E-state index is 12.6. The molecule has 0 radical (unpaired) electrons. The number of nitrogens with one attached hydrogen (secondary N) is 1. The van der Waals surface area contributed by atoms with Gasteiger partial charge in [-0.1, -0.05) is 51.9 Å². The van der Waals surface area contributed by atoms with Crippen molar-refractivity contribution in [3.8, 4) is 6.07 Å². The molecule has 106 valence electrons. The number of rotatable bonds is 2. The van der Waals surface area contributed by atoms with Crippen molar-refractivity contribution in [3.05, 3.63) is 0 Å². The van der Waals surface area contributed by atoms with Gasteiger partial charge in [0, 0.05) is 5.41 Å². The van der Waals surface area contributed by atoms with Crippen molar-refractivity contribution < 1.29 is 4.79 Å². The second-order valence-electron chi connectivity index (χ2n) is 6.68. The van der Waals surface area contributed by atoms with E-state index in [0.29, 0.717) is 0 Å². The van der Waals surface area contributed by atoms with Crippen molar-refractivity contribution in [1.82, 2.24) is 5.32 Å². The Kier molecular flexibility index (Phi) is 4.50. The van der Waals surface area contributed by atoms with E-state index in [1.165, 1.54) is 19.3 Å². The Morgan fingerprint density at radius 1 is 0.947 bits per heavy atom. The van der Waals surface area contributed by atoms with Crippen LogP contribution in [0, 0.1) is 16.7 Å². The Bertz CT molecular complexity index is 355. The van der Waals surface area contributed by atoms with Crippen LogP contribution in [-0.4, -0.2) is 11.4 Å². The fourth-order valence-corrected chi connectivity index (χ4v) is 3.52. The minimum atomic E-state index is -0.589. The summed E-state index contributed by atoms with van der Waals surface area (Å²) in [4.78, 5) is 12.6. The zero-order chi connectivity index (χ0) is 13.8. The van der Waals surface area contributed by atoms with E-state index in [9.17, 15) is 10.1 Å². The largest absolute Gasteiger partial charge is 0.337 e. The first-order valence-corrected chi connectivity index (χ1v) is 7.84. The van der Waals surface area contributed by atoms with Crippen molar-refractivity contribution in [2.75, 3.05) is 0 Å². The highest BCUT2D eigenvalue weighted by Gasteiger charge is 2.40. The Morgan fingerprint density at radius 3 is 1.95 bits per heavy atom.